The Morgan fingerprint density at radius 1 is 1.12 bits per heavy atom. The normalized spacial score (nSPS) is 17.0. The molecule has 1 atom stereocenters. The molecule has 2 aromatic rings. The number of para-hydroxylation sites is 1. The predicted molar refractivity (Wildman–Crippen MR) is 93.2 cm³/mol. The summed E-state index contributed by atoms with van der Waals surface area (Å²) < 4.78 is 17.3. The predicted octanol–water partition coefficient (Wildman–Crippen LogP) is 2.52. The van der Waals surface area contributed by atoms with Crippen LogP contribution < -0.4 is 14.8 Å². The summed E-state index contributed by atoms with van der Waals surface area (Å²) in [6, 6.07) is 16.3. The van der Waals surface area contributed by atoms with E-state index in [-0.39, 0.29) is 0 Å². The average Bonchev–Trinajstić information content (AvgIpc) is 3.14. The molecule has 2 N–H and O–H groups in total. The van der Waals surface area contributed by atoms with E-state index in [4.69, 9.17) is 14.2 Å². The van der Waals surface area contributed by atoms with Crippen LogP contribution in [0.3, 0.4) is 0 Å². The quantitative estimate of drug-likeness (QED) is 0.810. The van der Waals surface area contributed by atoms with Gasteiger partial charge in [0.1, 0.15) is 25.8 Å². The lowest BCUT2D eigenvalue weighted by atomic mass is 10.1. The van der Waals surface area contributed by atoms with Gasteiger partial charge in [0.25, 0.3) is 0 Å². The van der Waals surface area contributed by atoms with Gasteiger partial charge in [0, 0.05) is 6.61 Å². The fraction of sp³-hybridized carbons (Fsp3) is 0.400. The fourth-order valence-electron chi connectivity index (χ4n) is 3.03. The van der Waals surface area contributed by atoms with Crippen LogP contribution >= 0.6 is 0 Å². The van der Waals surface area contributed by atoms with Crippen molar-refractivity contribution in [1.82, 2.24) is 0 Å². The number of rotatable bonds is 8. The Kier molecular flexibility index (Phi) is 6.10. The Morgan fingerprint density at radius 2 is 2.00 bits per heavy atom. The van der Waals surface area contributed by atoms with E-state index in [9.17, 15) is 0 Å². The van der Waals surface area contributed by atoms with Gasteiger partial charge in [0.15, 0.2) is 11.5 Å². The molecule has 0 bridgehead atoms. The number of methoxy groups -OCH3 is 1. The molecule has 0 amide bonds. The summed E-state index contributed by atoms with van der Waals surface area (Å²) in [5, 5.41) is 2.29. The zero-order valence-electron chi connectivity index (χ0n) is 14.2. The number of nitrogens with two attached hydrogens (primary N) is 1. The second kappa shape index (κ2) is 8.71. The molecule has 0 aromatic heterocycles. The third-order valence-electron chi connectivity index (χ3n) is 4.32. The topological polar surface area (TPSA) is 44.3 Å². The van der Waals surface area contributed by atoms with Crippen LogP contribution in [-0.4, -0.2) is 26.4 Å². The van der Waals surface area contributed by atoms with Crippen LogP contribution in [-0.2, 0) is 17.9 Å². The Morgan fingerprint density at radius 3 is 2.75 bits per heavy atom. The van der Waals surface area contributed by atoms with Gasteiger partial charge >= 0.3 is 0 Å². The Bertz CT molecular complexity index is 624. The zero-order chi connectivity index (χ0) is 16.6. The minimum absolute atomic E-state index is 0.393. The van der Waals surface area contributed by atoms with E-state index in [1.165, 1.54) is 12.8 Å². The first-order valence-electron chi connectivity index (χ1n) is 8.62. The van der Waals surface area contributed by atoms with E-state index in [2.05, 4.69) is 23.5 Å². The van der Waals surface area contributed by atoms with Gasteiger partial charge in [0.05, 0.1) is 12.7 Å². The summed E-state index contributed by atoms with van der Waals surface area (Å²) >= 11 is 0. The van der Waals surface area contributed by atoms with Crippen LogP contribution in [0, 0.1) is 0 Å². The molecule has 1 aliphatic rings. The lowest BCUT2D eigenvalue weighted by molar-refractivity contribution is -0.676. The van der Waals surface area contributed by atoms with Gasteiger partial charge in [-0.25, -0.2) is 0 Å². The van der Waals surface area contributed by atoms with E-state index in [1.807, 2.05) is 30.3 Å². The molecule has 0 saturated carbocycles. The maximum atomic E-state index is 6.09. The largest absolute Gasteiger partial charge is 0.493 e. The van der Waals surface area contributed by atoms with Crippen LogP contribution in [0.5, 0.6) is 11.5 Å². The molecule has 2 aromatic carbocycles. The maximum absolute atomic E-state index is 6.09. The molecule has 0 spiro atoms. The van der Waals surface area contributed by atoms with Crippen molar-refractivity contribution in [3.63, 3.8) is 0 Å². The van der Waals surface area contributed by atoms with Crippen molar-refractivity contribution in [2.24, 2.45) is 0 Å². The van der Waals surface area contributed by atoms with E-state index < -0.39 is 0 Å². The first kappa shape index (κ1) is 16.8. The molecule has 0 aliphatic carbocycles. The molecule has 1 fully saturated rings. The lowest BCUT2D eigenvalue weighted by Crippen LogP contribution is -2.84. The van der Waals surface area contributed by atoms with Crippen molar-refractivity contribution >= 4 is 0 Å². The van der Waals surface area contributed by atoms with Gasteiger partial charge in [-0.2, -0.15) is 0 Å². The van der Waals surface area contributed by atoms with Gasteiger partial charge in [-0.15, -0.1) is 0 Å². The van der Waals surface area contributed by atoms with Crippen LogP contribution in [0.2, 0.25) is 0 Å². The third kappa shape index (κ3) is 4.49. The molecule has 4 heteroatoms. The van der Waals surface area contributed by atoms with Crippen LogP contribution in [0.4, 0.5) is 0 Å². The summed E-state index contributed by atoms with van der Waals surface area (Å²) in [6.07, 6.45) is 2.75. The highest BCUT2D eigenvalue weighted by Gasteiger charge is 2.18. The highest BCUT2D eigenvalue weighted by atomic mass is 16.5. The standard InChI is InChI=1S/C20H25NO3/c1-22-19-11-5-9-17(13-21-14-18-10-6-12-23-18)20(19)24-15-16-7-3-2-4-8-16/h2-5,7-9,11,18,21H,6,10,12-15H2,1H3/p+1/t18-/m1/s1. The van der Waals surface area contributed by atoms with Crippen LogP contribution in [0.25, 0.3) is 0 Å². The van der Waals surface area contributed by atoms with E-state index >= 15 is 0 Å². The first-order valence-corrected chi connectivity index (χ1v) is 8.62. The third-order valence-corrected chi connectivity index (χ3v) is 4.32. The van der Waals surface area contributed by atoms with Gasteiger partial charge in [-0.05, 0) is 30.5 Å². The Labute approximate surface area is 143 Å². The van der Waals surface area contributed by atoms with Crippen molar-refractivity contribution < 1.29 is 19.5 Å². The molecule has 4 nitrogen and oxygen atoms in total. The molecule has 128 valence electrons. The van der Waals surface area contributed by atoms with Gasteiger partial charge < -0.3 is 19.5 Å². The van der Waals surface area contributed by atoms with E-state index in [0.29, 0.717) is 12.7 Å². The molecule has 0 unspecified atom stereocenters. The summed E-state index contributed by atoms with van der Waals surface area (Å²) in [4.78, 5) is 0. The molecule has 1 heterocycles. The number of benzene rings is 2. The van der Waals surface area contributed by atoms with Crippen molar-refractivity contribution in [2.75, 3.05) is 20.3 Å². The van der Waals surface area contributed by atoms with E-state index in [0.717, 1.165) is 42.3 Å². The minimum Gasteiger partial charge on any atom is -0.493 e. The lowest BCUT2D eigenvalue weighted by Gasteiger charge is -2.15. The number of quaternary nitrogens is 1. The van der Waals surface area contributed by atoms with Crippen molar-refractivity contribution in [1.29, 1.82) is 0 Å². The first-order chi connectivity index (χ1) is 11.9. The van der Waals surface area contributed by atoms with Crippen LogP contribution in [0.1, 0.15) is 24.0 Å². The molecule has 0 radical (unpaired) electrons. The van der Waals surface area contributed by atoms with E-state index in [1.54, 1.807) is 7.11 Å². The smallest absolute Gasteiger partial charge is 0.170 e. The van der Waals surface area contributed by atoms with Crippen molar-refractivity contribution in [3.05, 3.63) is 59.7 Å². The number of hydrogen-bond donors (Lipinski definition) is 1. The highest BCUT2D eigenvalue weighted by molar-refractivity contribution is 5.46. The number of ether oxygens (including phenoxy) is 3. The molecular formula is C20H26NO3+. The Hall–Kier alpha value is -2.04. The SMILES string of the molecule is COc1cccc(C[NH2+]C[C@H]2CCCO2)c1OCc1ccccc1. The van der Waals surface area contributed by atoms with Crippen LogP contribution in [0.15, 0.2) is 48.5 Å². The molecule has 3 rings (SSSR count). The monoisotopic (exact) mass is 328 g/mol. The Balaban J connectivity index is 1.63. The zero-order valence-corrected chi connectivity index (χ0v) is 14.2. The second-order valence-electron chi connectivity index (χ2n) is 6.09. The average molecular weight is 328 g/mol. The summed E-state index contributed by atoms with van der Waals surface area (Å²) in [7, 11) is 1.69. The summed E-state index contributed by atoms with van der Waals surface area (Å²) in [5.41, 5.74) is 2.31. The van der Waals surface area contributed by atoms with Crippen molar-refractivity contribution in [2.45, 2.75) is 32.1 Å². The molecule has 24 heavy (non-hydrogen) atoms. The van der Waals surface area contributed by atoms with Gasteiger partial charge in [-0.1, -0.05) is 36.4 Å². The van der Waals surface area contributed by atoms with Gasteiger partial charge in [0.2, 0.25) is 0 Å². The minimum atomic E-state index is 0.393. The summed E-state index contributed by atoms with van der Waals surface area (Å²) in [5.74, 6) is 1.63. The number of hydrogen-bond acceptors (Lipinski definition) is 3. The second-order valence-corrected chi connectivity index (χ2v) is 6.09. The van der Waals surface area contributed by atoms with Crippen molar-refractivity contribution in [3.8, 4) is 11.5 Å². The summed E-state index contributed by atoms with van der Waals surface area (Å²) in [6.45, 7) is 3.31. The fourth-order valence-corrected chi connectivity index (χ4v) is 3.03. The maximum Gasteiger partial charge on any atom is 0.170 e. The molecular weight excluding hydrogens is 302 g/mol. The van der Waals surface area contributed by atoms with Gasteiger partial charge in [-0.3, -0.25) is 0 Å². The molecule has 1 saturated heterocycles. The molecule has 1 aliphatic heterocycles. The highest BCUT2D eigenvalue weighted by Crippen LogP contribution is 2.31.